The second kappa shape index (κ2) is 5.69. The van der Waals surface area contributed by atoms with Gasteiger partial charge in [0.15, 0.2) is 0 Å². The van der Waals surface area contributed by atoms with E-state index >= 15 is 0 Å². The van der Waals surface area contributed by atoms with Crippen molar-refractivity contribution in [2.45, 2.75) is 20.4 Å². The normalized spacial score (nSPS) is 10.5. The van der Waals surface area contributed by atoms with E-state index in [0.717, 1.165) is 23.8 Å². The number of hydrogen-bond acceptors (Lipinski definition) is 6. The number of hydrogen-bond donors (Lipinski definition) is 0. The van der Waals surface area contributed by atoms with Gasteiger partial charge in [0.25, 0.3) is 0 Å². The van der Waals surface area contributed by atoms with E-state index in [-0.39, 0.29) is 0 Å². The van der Waals surface area contributed by atoms with Crippen molar-refractivity contribution >= 4 is 11.8 Å². The van der Waals surface area contributed by atoms with Gasteiger partial charge in [-0.3, -0.25) is 0 Å². The Morgan fingerprint density at radius 1 is 1.26 bits per heavy atom. The molecule has 0 N–H and O–H groups in total. The Morgan fingerprint density at radius 2 is 2.05 bits per heavy atom. The average molecular weight is 261 g/mol. The fourth-order valence-electron chi connectivity index (χ4n) is 1.70. The lowest BCUT2D eigenvalue weighted by atomic mass is 10.3. The van der Waals surface area contributed by atoms with Crippen molar-refractivity contribution in [3.8, 4) is 0 Å². The molecule has 0 aromatic carbocycles. The third kappa shape index (κ3) is 3.21. The molecule has 2 heterocycles. The Labute approximate surface area is 113 Å². The molecule has 0 aliphatic rings. The topological polar surface area (TPSA) is 58.3 Å². The molecule has 6 nitrogen and oxygen atoms in total. The van der Waals surface area contributed by atoms with Crippen molar-refractivity contribution in [3.05, 3.63) is 29.8 Å². The smallest absolute Gasteiger partial charge is 0.227 e. The van der Waals surface area contributed by atoms with Gasteiger partial charge >= 0.3 is 0 Å². The molecule has 0 fully saturated rings. The highest BCUT2D eigenvalue weighted by molar-refractivity contribution is 5.42. The summed E-state index contributed by atoms with van der Waals surface area (Å²) in [5.74, 6) is 2.40. The van der Waals surface area contributed by atoms with Crippen molar-refractivity contribution in [3.63, 3.8) is 0 Å². The van der Waals surface area contributed by atoms with Crippen molar-refractivity contribution in [2.75, 3.05) is 30.4 Å². The summed E-state index contributed by atoms with van der Waals surface area (Å²) < 4.78 is 5.05. The molecule has 0 amide bonds. The number of rotatable bonds is 5. The van der Waals surface area contributed by atoms with Crippen LogP contribution in [0.25, 0.3) is 0 Å². The van der Waals surface area contributed by atoms with E-state index in [0.29, 0.717) is 12.5 Å². The summed E-state index contributed by atoms with van der Waals surface area (Å²) in [4.78, 5) is 12.8. The monoisotopic (exact) mass is 261 g/mol. The third-order valence-electron chi connectivity index (χ3n) is 2.91. The van der Waals surface area contributed by atoms with Gasteiger partial charge in [-0.05, 0) is 19.9 Å². The average Bonchev–Trinajstić information content (AvgIpc) is 2.83. The Balaban J connectivity index is 2.12. The summed E-state index contributed by atoms with van der Waals surface area (Å²) in [6.07, 6.45) is 1.77. The lowest BCUT2D eigenvalue weighted by Crippen LogP contribution is -2.22. The summed E-state index contributed by atoms with van der Waals surface area (Å²) in [7, 11) is 3.95. The van der Waals surface area contributed by atoms with Crippen LogP contribution in [0.1, 0.15) is 18.4 Å². The zero-order valence-corrected chi connectivity index (χ0v) is 11.8. The maximum absolute atomic E-state index is 5.05. The molecule has 2 rings (SSSR count). The second-order valence-corrected chi connectivity index (χ2v) is 4.51. The molecule has 0 saturated heterocycles. The minimum atomic E-state index is 0.622. The van der Waals surface area contributed by atoms with E-state index in [1.54, 1.807) is 6.20 Å². The summed E-state index contributed by atoms with van der Waals surface area (Å²) in [6, 6.07) is 3.82. The van der Waals surface area contributed by atoms with E-state index < -0.39 is 0 Å². The maximum Gasteiger partial charge on any atom is 0.227 e. The first kappa shape index (κ1) is 13.3. The molecular weight excluding hydrogens is 242 g/mol. The van der Waals surface area contributed by atoms with Crippen molar-refractivity contribution in [2.24, 2.45) is 0 Å². The van der Waals surface area contributed by atoms with Gasteiger partial charge in [-0.2, -0.15) is 4.98 Å². The van der Waals surface area contributed by atoms with Crippen LogP contribution in [-0.2, 0) is 6.54 Å². The third-order valence-corrected chi connectivity index (χ3v) is 2.91. The zero-order chi connectivity index (χ0) is 13.8. The maximum atomic E-state index is 5.05. The summed E-state index contributed by atoms with van der Waals surface area (Å²) in [5, 5.41) is 3.97. The van der Waals surface area contributed by atoms with Crippen molar-refractivity contribution < 1.29 is 4.52 Å². The standard InChI is InChI=1S/C13H19N5O/c1-5-17(3)12-6-7-14-13(15-12)18(4)9-11-8-10(2)19-16-11/h6-8H,5,9H2,1-4H3. The minimum Gasteiger partial charge on any atom is -0.361 e. The predicted molar refractivity (Wildman–Crippen MR) is 74.3 cm³/mol. The SMILES string of the molecule is CCN(C)c1ccnc(N(C)Cc2cc(C)on2)n1. The predicted octanol–water partition coefficient (Wildman–Crippen LogP) is 1.87. The molecule has 0 radical (unpaired) electrons. The number of nitrogens with zero attached hydrogens (tertiary/aromatic N) is 5. The van der Waals surface area contributed by atoms with Gasteiger partial charge in [0, 0.05) is 32.9 Å². The van der Waals surface area contributed by atoms with Crippen molar-refractivity contribution in [1.82, 2.24) is 15.1 Å². The number of anilines is 2. The fraction of sp³-hybridized carbons (Fsp3) is 0.462. The second-order valence-electron chi connectivity index (χ2n) is 4.51. The van der Waals surface area contributed by atoms with Gasteiger partial charge in [0.1, 0.15) is 17.3 Å². The lowest BCUT2D eigenvalue weighted by Gasteiger charge is -2.19. The van der Waals surface area contributed by atoms with Gasteiger partial charge in [0.05, 0.1) is 6.54 Å². The lowest BCUT2D eigenvalue weighted by molar-refractivity contribution is 0.390. The van der Waals surface area contributed by atoms with Gasteiger partial charge in [-0.25, -0.2) is 4.98 Å². The van der Waals surface area contributed by atoms with Gasteiger partial charge in [-0.15, -0.1) is 0 Å². The van der Waals surface area contributed by atoms with Gasteiger partial charge in [0.2, 0.25) is 5.95 Å². The highest BCUT2D eigenvalue weighted by Gasteiger charge is 2.10. The van der Waals surface area contributed by atoms with Crippen LogP contribution < -0.4 is 9.80 Å². The Hall–Kier alpha value is -2.11. The van der Waals surface area contributed by atoms with E-state index in [2.05, 4.69) is 26.9 Å². The molecule has 0 aliphatic heterocycles. The molecule has 0 aliphatic carbocycles. The van der Waals surface area contributed by atoms with Crippen LogP contribution in [0, 0.1) is 6.92 Å². The quantitative estimate of drug-likeness (QED) is 0.819. The molecule has 2 aromatic rings. The van der Waals surface area contributed by atoms with Crippen LogP contribution in [0.4, 0.5) is 11.8 Å². The highest BCUT2D eigenvalue weighted by atomic mass is 16.5. The Bertz CT molecular complexity index is 539. The molecule has 0 bridgehead atoms. The molecule has 19 heavy (non-hydrogen) atoms. The van der Waals surface area contributed by atoms with Gasteiger partial charge < -0.3 is 14.3 Å². The van der Waals surface area contributed by atoms with Gasteiger partial charge in [-0.1, -0.05) is 5.16 Å². The number of aryl methyl sites for hydroxylation is 1. The number of aromatic nitrogens is 3. The van der Waals surface area contributed by atoms with Crippen LogP contribution in [0.15, 0.2) is 22.9 Å². The van der Waals surface area contributed by atoms with Crippen LogP contribution in [0.5, 0.6) is 0 Å². The van der Waals surface area contributed by atoms with E-state index in [1.165, 1.54) is 0 Å². The minimum absolute atomic E-state index is 0.622. The molecule has 0 atom stereocenters. The summed E-state index contributed by atoms with van der Waals surface area (Å²) in [6.45, 7) is 5.49. The first-order chi connectivity index (χ1) is 9.10. The van der Waals surface area contributed by atoms with E-state index in [4.69, 9.17) is 4.52 Å². The molecule has 0 saturated carbocycles. The summed E-state index contributed by atoms with van der Waals surface area (Å²) >= 11 is 0. The fourth-order valence-corrected chi connectivity index (χ4v) is 1.70. The summed E-state index contributed by atoms with van der Waals surface area (Å²) in [5.41, 5.74) is 0.873. The van der Waals surface area contributed by atoms with E-state index in [1.807, 2.05) is 38.1 Å². The molecule has 0 spiro atoms. The van der Waals surface area contributed by atoms with Crippen LogP contribution in [0.3, 0.4) is 0 Å². The Kier molecular flexibility index (Phi) is 3.99. The molecule has 6 heteroatoms. The first-order valence-corrected chi connectivity index (χ1v) is 6.27. The van der Waals surface area contributed by atoms with Crippen LogP contribution in [-0.4, -0.2) is 35.8 Å². The largest absolute Gasteiger partial charge is 0.361 e. The molecule has 0 unspecified atom stereocenters. The molecule has 2 aromatic heterocycles. The Morgan fingerprint density at radius 3 is 2.68 bits per heavy atom. The van der Waals surface area contributed by atoms with Crippen LogP contribution >= 0.6 is 0 Å². The highest BCUT2D eigenvalue weighted by Crippen LogP contribution is 2.14. The van der Waals surface area contributed by atoms with E-state index in [9.17, 15) is 0 Å². The molecular formula is C13H19N5O. The van der Waals surface area contributed by atoms with Crippen molar-refractivity contribution in [1.29, 1.82) is 0 Å². The van der Waals surface area contributed by atoms with Crippen LogP contribution in [0.2, 0.25) is 0 Å². The molecule has 102 valence electrons. The first-order valence-electron chi connectivity index (χ1n) is 6.27. The zero-order valence-electron chi connectivity index (χ0n) is 11.8.